The number of aliphatic hydroxyl groups excluding tert-OH is 1. The smallest absolute Gasteiger partial charge is 0.248 e. The zero-order chi connectivity index (χ0) is 14.6. The molecule has 1 aromatic carbocycles. The number of sulfonamides is 1. The van der Waals surface area contributed by atoms with Crippen molar-refractivity contribution in [1.29, 1.82) is 0 Å². The van der Waals surface area contributed by atoms with E-state index in [1.54, 1.807) is 12.1 Å². The quantitative estimate of drug-likeness (QED) is 0.814. The van der Waals surface area contributed by atoms with Crippen LogP contribution in [0.25, 0.3) is 0 Å². The molecule has 1 unspecified atom stereocenters. The van der Waals surface area contributed by atoms with Gasteiger partial charge in [0, 0.05) is 19.6 Å². The van der Waals surface area contributed by atoms with Gasteiger partial charge in [0.1, 0.15) is 16.7 Å². The number of benzene rings is 1. The summed E-state index contributed by atoms with van der Waals surface area (Å²) >= 11 is 0. The Bertz CT molecular complexity index is 676. The number of fused-ring (bicyclic) bond motifs is 3. The van der Waals surface area contributed by atoms with Crippen LogP contribution in [0.1, 0.15) is 12.8 Å². The van der Waals surface area contributed by atoms with Crippen molar-refractivity contribution >= 4 is 15.7 Å². The molecule has 7 heteroatoms. The van der Waals surface area contributed by atoms with Crippen molar-refractivity contribution in [2.24, 2.45) is 0 Å². The molecule has 3 atom stereocenters. The fourth-order valence-corrected chi connectivity index (χ4v) is 5.19. The number of hydrogen-bond donors (Lipinski definition) is 1. The lowest BCUT2D eigenvalue weighted by Crippen LogP contribution is -2.30. The van der Waals surface area contributed by atoms with E-state index in [1.165, 1.54) is 4.31 Å². The van der Waals surface area contributed by atoms with Crippen LogP contribution >= 0.6 is 0 Å². The van der Waals surface area contributed by atoms with E-state index >= 15 is 0 Å². The number of aliphatic hydroxyl groups is 1. The average Bonchev–Trinajstić information content (AvgIpc) is 3.05. The monoisotopic (exact) mass is 310 g/mol. The number of nitrogens with zero attached hydrogens (tertiary/aromatic N) is 2. The lowest BCUT2D eigenvalue weighted by Gasteiger charge is -2.24. The first-order chi connectivity index (χ1) is 10.1. The Labute approximate surface area is 124 Å². The van der Waals surface area contributed by atoms with E-state index in [2.05, 4.69) is 0 Å². The Hall–Kier alpha value is -1.31. The second-order valence-electron chi connectivity index (χ2n) is 5.88. The maximum absolute atomic E-state index is 12.9. The summed E-state index contributed by atoms with van der Waals surface area (Å²) in [7, 11) is -3.53. The summed E-state index contributed by atoms with van der Waals surface area (Å²) in [6, 6.07) is 5.35. The summed E-state index contributed by atoms with van der Waals surface area (Å²) in [5.41, 5.74) is 0.650. The molecule has 114 valence electrons. The highest BCUT2D eigenvalue weighted by atomic mass is 32.2. The van der Waals surface area contributed by atoms with Crippen LogP contribution in [0.15, 0.2) is 23.1 Å². The molecule has 2 saturated heterocycles. The summed E-state index contributed by atoms with van der Waals surface area (Å²) in [4.78, 5) is 2.20. The van der Waals surface area contributed by atoms with E-state index in [0.717, 1.165) is 6.42 Å². The van der Waals surface area contributed by atoms with Gasteiger partial charge in [0.25, 0.3) is 0 Å². The van der Waals surface area contributed by atoms with Crippen LogP contribution in [0.2, 0.25) is 0 Å². The fourth-order valence-electron chi connectivity index (χ4n) is 3.39. The van der Waals surface area contributed by atoms with Gasteiger partial charge >= 0.3 is 0 Å². The Balaban J connectivity index is 1.87. The lowest BCUT2D eigenvalue weighted by atomic mass is 10.2. The van der Waals surface area contributed by atoms with Crippen LogP contribution in [-0.2, 0) is 10.0 Å². The van der Waals surface area contributed by atoms with Gasteiger partial charge in [0.05, 0.1) is 18.3 Å². The van der Waals surface area contributed by atoms with Crippen molar-refractivity contribution in [2.45, 2.75) is 29.9 Å². The van der Waals surface area contributed by atoms with E-state index in [-0.39, 0.29) is 11.0 Å². The molecule has 1 N–H and O–H groups in total. The summed E-state index contributed by atoms with van der Waals surface area (Å²) in [6.07, 6.45) is 0.954. The molecule has 2 fully saturated rings. The predicted molar refractivity (Wildman–Crippen MR) is 77.1 cm³/mol. The minimum Gasteiger partial charge on any atom is -0.487 e. The van der Waals surface area contributed by atoms with Crippen molar-refractivity contribution in [3.63, 3.8) is 0 Å². The van der Waals surface area contributed by atoms with E-state index in [1.807, 2.05) is 11.0 Å². The minimum atomic E-state index is -3.53. The molecule has 3 aliphatic rings. The Kier molecular flexibility index (Phi) is 2.92. The first-order valence-electron chi connectivity index (χ1n) is 7.28. The van der Waals surface area contributed by atoms with Gasteiger partial charge in [-0.2, -0.15) is 4.31 Å². The van der Waals surface area contributed by atoms with Gasteiger partial charge < -0.3 is 14.7 Å². The van der Waals surface area contributed by atoms with E-state index in [0.29, 0.717) is 44.0 Å². The van der Waals surface area contributed by atoms with Gasteiger partial charge in [-0.15, -0.1) is 0 Å². The zero-order valence-electron chi connectivity index (χ0n) is 11.6. The molecule has 21 heavy (non-hydrogen) atoms. The largest absolute Gasteiger partial charge is 0.487 e. The van der Waals surface area contributed by atoms with Crippen LogP contribution in [0.5, 0.6) is 5.75 Å². The van der Waals surface area contributed by atoms with Gasteiger partial charge in [-0.05, 0) is 25.0 Å². The first kappa shape index (κ1) is 13.4. The first-order valence-corrected chi connectivity index (χ1v) is 8.72. The van der Waals surface area contributed by atoms with Crippen LogP contribution in [0, 0.1) is 0 Å². The molecule has 0 saturated carbocycles. The minimum absolute atomic E-state index is 0.0551. The zero-order valence-corrected chi connectivity index (χ0v) is 12.4. The molecule has 0 aromatic heterocycles. The van der Waals surface area contributed by atoms with Crippen molar-refractivity contribution < 1.29 is 18.3 Å². The lowest BCUT2D eigenvalue weighted by molar-refractivity contribution is 0.198. The highest BCUT2D eigenvalue weighted by Crippen LogP contribution is 2.41. The molecule has 0 spiro atoms. The second kappa shape index (κ2) is 4.59. The number of ether oxygens (including phenoxy) is 1. The molecule has 0 radical (unpaired) electrons. The van der Waals surface area contributed by atoms with E-state index < -0.39 is 16.1 Å². The van der Waals surface area contributed by atoms with Crippen molar-refractivity contribution in [1.82, 2.24) is 4.31 Å². The predicted octanol–water partition coefficient (Wildman–Crippen LogP) is 0.413. The SMILES string of the molecule is O=S1(=O)c2c(cccc2N2CC[C@@H](O)C2)O[C@@H]2CCN1C2. The van der Waals surface area contributed by atoms with Gasteiger partial charge in [0.15, 0.2) is 0 Å². The highest BCUT2D eigenvalue weighted by molar-refractivity contribution is 7.89. The third-order valence-corrected chi connectivity index (χ3v) is 6.40. The molecule has 0 amide bonds. The van der Waals surface area contributed by atoms with Crippen molar-refractivity contribution in [3.8, 4) is 5.75 Å². The van der Waals surface area contributed by atoms with Gasteiger partial charge in [0.2, 0.25) is 10.0 Å². The molecule has 0 aliphatic carbocycles. The van der Waals surface area contributed by atoms with Gasteiger partial charge in [-0.25, -0.2) is 8.42 Å². The second-order valence-corrected chi connectivity index (χ2v) is 7.76. The van der Waals surface area contributed by atoms with E-state index in [4.69, 9.17) is 4.74 Å². The summed E-state index contributed by atoms with van der Waals surface area (Å²) < 4.78 is 33.2. The van der Waals surface area contributed by atoms with Crippen LogP contribution in [0.3, 0.4) is 0 Å². The van der Waals surface area contributed by atoms with Crippen molar-refractivity contribution in [2.75, 3.05) is 31.1 Å². The molecule has 2 bridgehead atoms. The van der Waals surface area contributed by atoms with Gasteiger partial charge in [-0.1, -0.05) is 6.07 Å². The van der Waals surface area contributed by atoms with Crippen LogP contribution in [-0.4, -0.2) is 56.2 Å². The highest BCUT2D eigenvalue weighted by Gasteiger charge is 2.41. The third-order valence-electron chi connectivity index (χ3n) is 4.46. The molecule has 3 aliphatic heterocycles. The average molecular weight is 310 g/mol. The molecule has 4 rings (SSSR count). The summed E-state index contributed by atoms with van der Waals surface area (Å²) in [5.74, 6) is 0.445. The number of β-amino-alcohol motifs (C(OH)–C–C–N with tert-alkyl or cyclic N) is 1. The van der Waals surface area contributed by atoms with E-state index in [9.17, 15) is 13.5 Å². The molecule has 3 heterocycles. The van der Waals surface area contributed by atoms with Crippen molar-refractivity contribution in [3.05, 3.63) is 18.2 Å². The Morgan fingerprint density at radius 1 is 1.19 bits per heavy atom. The van der Waals surface area contributed by atoms with Crippen LogP contribution in [0.4, 0.5) is 5.69 Å². The molecular formula is C14H18N2O4S. The molecular weight excluding hydrogens is 292 g/mol. The molecule has 6 nitrogen and oxygen atoms in total. The normalized spacial score (nSPS) is 33.4. The number of hydrogen-bond acceptors (Lipinski definition) is 5. The van der Waals surface area contributed by atoms with Gasteiger partial charge in [-0.3, -0.25) is 0 Å². The number of rotatable bonds is 1. The van der Waals surface area contributed by atoms with Crippen LogP contribution < -0.4 is 9.64 Å². The Morgan fingerprint density at radius 3 is 2.81 bits per heavy atom. The third kappa shape index (κ3) is 2.03. The standard InChI is InChI=1S/C14H18N2O4S/c17-10-4-6-15(8-10)12-2-1-3-13-14(12)21(18,19)16-7-5-11(9-16)20-13/h1-3,10-11,17H,4-9H2/t10-,11-/m1/s1. The maximum Gasteiger partial charge on any atom is 0.248 e. The maximum atomic E-state index is 12.9. The Morgan fingerprint density at radius 2 is 2.05 bits per heavy atom. The fraction of sp³-hybridized carbons (Fsp3) is 0.571. The summed E-state index contributed by atoms with van der Waals surface area (Å²) in [5, 5.41) is 9.72. The summed E-state index contributed by atoms with van der Waals surface area (Å²) in [6.45, 7) is 2.08. The topological polar surface area (TPSA) is 70.1 Å². The number of anilines is 1. The molecule has 1 aromatic rings.